The average molecular weight is 257 g/mol. The Morgan fingerprint density at radius 3 is 2.47 bits per heavy atom. The van der Waals surface area contributed by atoms with Gasteiger partial charge in [0.1, 0.15) is 11.5 Å². The van der Waals surface area contributed by atoms with Crippen LogP contribution in [0.5, 0.6) is 0 Å². The molecule has 1 N–H and O–H groups in total. The maximum absolute atomic E-state index is 12.9. The fourth-order valence-electron chi connectivity index (χ4n) is 2.08. The summed E-state index contributed by atoms with van der Waals surface area (Å²) in [6.45, 7) is 0. The van der Waals surface area contributed by atoms with E-state index in [9.17, 15) is 9.18 Å². The fourth-order valence-corrected chi connectivity index (χ4v) is 2.08. The maximum Gasteiger partial charge on any atom is 0.354 e. The van der Waals surface area contributed by atoms with Crippen molar-refractivity contribution in [2.45, 2.75) is 18.8 Å². The van der Waals surface area contributed by atoms with Crippen LogP contribution in [0.4, 0.5) is 4.39 Å². The first-order chi connectivity index (χ1) is 9.13. The molecule has 0 aliphatic heterocycles. The van der Waals surface area contributed by atoms with Gasteiger partial charge >= 0.3 is 5.97 Å². The monoisotopic (exact) mass is 257 g/mol. The summed E-state index contributed by atoms with van der Waals surface area (Å²) in [5, 5.41) is 9.10. The van der Waals surface area contributed by atoms with E-state index in [4.69, 9.17) is 5.11 Å². The van der Waals surface area contributed by atoms with E-state index >= 15 is 0 Å². The van der Waals surface area contributed by atoms with Gasteiger partial charge in [0.15, 0.2) is 0 Å². The summed E-state index contributed by atoms with van der Waals surface area (Å²) in [5.74, 6) is -0.910. The minimum absolute atomic E-state index is 0.0451. The molecular formula is C15H12FNO2. The molecule has 96 valence electrons. The number of benzene rings is 1. The second kappa shape index (κ2) is 4.46. The predicted octanol–water partition coefficient (Wildman–Crippen LogP) is 3.46. The number of nitrogens with zero attached hydrogens (tertiary/aromatic N) is 1. The summed E-state index contributed by atoms with van der Waals surface area (Å²) in [4.78, 5) is 15.2. The van der Waals surface area contributed by atoms with Crippen LogP contribution in [0.1, 0.15) is 34.8 Å². The molecule has 1 aliphatic carbocycles. The Balaban J connectivity index is 2.08. The summed E-state index contributed by atoms with van der Waals surface area (Å²) in [5.41, 5.74) is 2.36. The largest absolute Gasteiger partial charge is 0.477 e. The van der Waals surface area contributed by atoms with E-state index in [1.807, 2.05) is 6.07 Å². The van der Waals surface area contributed by atoms with Gasteiger partial charge in [-0.3, -0.25) is 0 Å². The Hall–Kier alpha value is -2.23. The third kappa shape index (κ3) is 2.47. The Bertz CT molecular complexity index is 633. The molecule has 1 fully saturated rings. The normalized spacial score (nSPS) is 14.4. The first-order valence-electron chi connectivity index (χ1n) is 6.15. The molecule has 0 atom stereocenters. The topological polar surface area (TPSA) is 50.2 Å². The van der Waals surface area contributed by atoms with Crippen LogP contribution in [0, 0.1) is 5.82 Å². The Morgan fingerprint density at radius 1 is 1.21 bits per heavy atom. The lowest BCUT2D eigenvalue weighted by atomic mass is 10.1. The third-order valence-corrected chi connectivity index (χ3v) is 3.26. The van der Waals surface area contributed by atoms with Crippen molar-refractivity contribution >= 4 is 5.97 Å². The van der Waals surface area contributed by atoms with Crippen molar-refractivity contribution in [3.63, 3.8) is 0 Å². The van der Waals surface area contributed by atoms with Gasteiger partial charge in [0, 0.05) is 5.56 Å². The quantitative estimate of drug-likeness (QED) is 0.916. The lowest BCUT2D eigenvalue weighted by Gasteiger charge is -2.06. The number of pyridine rings is 1. The van der Waals surface area contributed by atoms with Crippen LogP contribution in [0.15, 0.2) is 36.4 Å². The number of aromatic nitrogens is 1. The number of aromatic carboxylic acids is 1. The molecule has 3 rings (SSSR count). The summed E-state index contributed by atoms with van der Waals surface area (Å²) in [6, 6.07) is 9.45. The van der Waals surface area contributed by atoms with Crippen LogP contribution >= 0.6 is 0 Å². The second-order valence-corrected chi connectivity index (χ2v) is 4.76. The standard InChI is InChI=1S/C15H12FNO2/c16-12-5-3-10(4-6-12)13-7-11(9-1-2-9)8-14(17-13)15(18)19/h3-9H,1-2H2,(H,18,19). The zero-order valence-corrected chi connectivity index (χ0v) is 10.1. The predicted molar refractivity (Wildman–Crippen MR) is 68.6 cm³/mol. The molecule has 0 bridgehead atoms. The van der Waals surface area contributed by atoms with Gasteiger partial charge in [0.25, 0.3) is 0 Å². The van der Waals surface area contributed by atoms with Crippen LogP contribution in [-0.2, 0) is 0 Å². The summed E-state index contributed by atoms with van der Waals surface area (Å²) in [6.07, 6.45) is 2.18. The van der Waals surface area contributed by atoms with Gasteiger partial charge in [0.2, 0.25) is 0 Å². The smallest absolute Gasteiger partial charge is 0.354 e. The first kappa shape index (κ1) is 11.8. The molecule has 0 amide bonds. The number of halogens is 1. The highest BCUT2D eigenvalue weighted by Crippen LogP contribution is 2.41. The molecule has 19 heavy (non-hydrogen) atoms. The molecule has 0 saturated heterocycles. The molecule has 4 heteroatoms. The fraction of sp³-hybridized carbons (Fsp3) is 0.200. The molecule has 0 unspecified atom stereocenters. The first-order valence-corrected chi connectivity index (χ1v) is 6.15. The number of rotatable bonds is 3. The van der Waals surface area contributed by atoms with Gasteiger partial charge in [0.05, 0.1) is 5.69 Å². The third-order valence-electron chi connectivity index (χ3n) is 3.26. The number of carboxylic acid groups (broad SMARTS) is 1. The van der Waals surface area contributed by atoms with Crippen molar-refractivity contribution in [3.05, 3.63) is 53.5 Å². The van der Waals surface area contributed by atoms with Gasteiger partial charge < -0.3 is 5.11 Å². The van der Waals surface area contributed by atoms with Crippen molar-refractivity contribution < 1.29 is 14.3 Å². The molecule has 3 nitrogen and oxygen atoms in total. The van der Waals surface area contributed by atoms with Crippen molar-refractivity contribution in [2.24, 2.45) is 0 Å². The van der Waals surface area contributed by atoms with E-state index in [0.717, 1.165) is 24.0 Å². The molecule has 0 radical (unpaired) electrons. The molecule has 1 aliphatic rings. The van der Waals surface area contributed by atoms with Crippen LogP contribution in [0.25, 0.3) is 11.3 Å². The van der Waals surface area contributed by atoms with Crippen LogP contribution in [0.3, 0.4) is 0 Å². The van der Waals surface area contributed by atoms with Gasteiger partial charge in [-0.25, -0.2) is 14.2 Å². The summed E-state index contributed by atoms with van der Waals surface area (Å²) >= 11 is 0. The zero-order chi connectivity index (χ0) is 13.4. The lowest BCUT2D eigenvalue weighted by Crippen LogP contribution is -2.02. The van der Waals surface area contributed by atoms with E-state index in [1.54, 1.807) is 18.2 Å². The van der Waals surface area contributed by atoms with E-state index in [2.05, 4.69) is 4.98 Å². The van der Waals surface area contributed by atoms with E-state index in [1.165, 1.54) is 12.1 Å². The van der Waals surface area contributed by atoms with Crippen LogP contribution < -0.4 is 0 Å². The molecule has 1 saturated carbocycles. The van der Waals surface area contributed by atoms with Crippen molar-refractivity contribution in [2.75, 3.05) is 0 Å². The van der Waals surface area contributed by atoms with E-state index < -0.39 is 5.97 Å². The number of carbonyl (C=O) groups is 1. The van der Waals surface area contributed by atoms with Gasteiger partial charge in [-0.2, -0.15) is 0 Å². The SMILES string of the molecule is O=C(O)c1cc(C2CC2)cc(-c2ccc(F)cc2)n1. The molecule has 1 heterocycles. The van der Waals surface area contributed by atoms with E-state index in [-0.39, 0.29) is 11.5 Å². The molecule has 1 aromatic carbocycles. The Morgan fingerprint density at radius 2 is 1.89 bits per heavy atom. The Labute approximate surface area is 109 Å². The second-order valence-electron chi connectivity index (χ2n) is 4.76. The highest BCUT2D eigenvalue weighted by Gasteiger charge is 2.25. The highest BCUT2D eigenvalue weighted by molar-refractivity contribution is 5.86. The number of hydrogen-bond donors (Lipinski definition) is 1. The van der Waals surface area contributed by atoms with Crippen LogP contribution in [-0.4, -0.2) is 16.1 Å². The lowest BCUT2D eigenvalue weighted by molar-refractivity contribution is 0.0690. The molecular weight excluding hydrogens is 245 g/mol. The molecule has 0 spiro atoms. The molecule has 2 aromatic rings. The Kier molecular flexibility index (Phi) is 2.78. The minimum atomic E-state index is -1.04. The van der Waals surface area contributed by atoms with Crippen LogP contribution in [0.2, 0.25) is 0 Å². The van der Waals surface area contributed by atoms with Gasteiger partial charge in [-0.1, -0.05) is 0 Å². The van der Waals surface area contributed by atoms with Crippen molar-refractivity contribution in [1.29, 1.82) is 0 Å². The van der Waals surface area contributed by atoms with Crippen molar-refractivity contribution in [3.8, 4) is 11.3 Å². The van der Waals surface area contributed by atoms with Crippen molar-refractivity contribution in [1.82, 2.24) is 4.98 Å². The summed E-state index contributed by atoms with van der Waals surface area (Å²) < 4.78 is 12.9. The van der Waals surface area contributed by atoms with Gasteiger partial charge in [-0.05, 0) is 60.7 Å². The summed E-state index contributed by atoms with van der Waals surface area (Å²) in [7, 11) is 0. The highest BCUT2D eigenvalue weighted by atomic mass is 19.1. The maximum atomic E-state index is 12.9. The van der Waals surface area contributed by atoms with E-state index in [0.29, 0.717) is 11.6 Å². The number of carboxylic acids is 1. The minimum Gasteiger partial charge on any atom is -0.477 e. The molecule has 1 aromatic heterocycles. The zero-order valence-electron chi connectivity index (χ0n) is 10.1. The average Bonchev–Trinajstić information content (AvgIpc) is 3.23. The number of hydrogen-bond acceptors (Lipinski definition) is 2. The van der Waals surface area contributed by atoms with Gasteiger partial charge in [-0.15, -0.1) is 0 Å².